The molecule has 0 radical (unpaired) electrons. The molecule has 0 fully saturated rings. The number of aliphatic hydroxyl groups is 1. The van der Waals surface area contributed by atoms with E-state index in [1.165, 1.54) is 27.7 Å². The minimum Gasteiger partial charge on any atom is -0.395 e. The van der Waals surface area contributed by atoms with Crippen molar-refractivity contribution < 1.29 is 5.11 Å². The van der Waals surface area contributed by atoms with E-state index in [-0.39, 0.29) is 18.7 Å². The van der Waals surface area contributed by atoms with Crippen LogP contribution < -0.4 is 5.32 Å². The number of para-hydroxylation sites is 1. The smallest absolute Gasteiger partial charge is 0.0735 e. The highest BCUT2D eigenvalue weighted by molar-refractivity contribution is 5.85. The lowest BCUT2D eigenvalue weighted by molar-refractivity contribution is 0.228. The Balaban J connectivity index is 1.90. The molecule has 0 amide bonds. The van der Waals surface area contributed by atoms with Crippen LogP contribution in [0.2, 0.25) is 0 Å². The highest BCUT2D eigenvalue weighted by Gasteiger charge is 2.29. The Bertz CT molecular complexity index is 763. The van der Waals surface area contributed by atoms with Gasteiger partial charge in [-0.25, -0.2) is 0 Å². The van der Waals surface area contributed by atoms with Gasteiger partial charge in [-0.15, -0.1) is 0 Å². The molecular weight excluding hydrogens is 260 g/mol. The van der Waals surface area contributed by atoms with Crippen molar-refractivity contribution in [3.05, 3.63) is 71.4 Å². The molecule has 0 saturated heterocycles. The SMILES string of the molecule is OC[C@@H]1Cc2c([nH]c3ccccc23)[C@H](c2ccccc2)N1. The van der Waals surface area contributed by atoms with Gasteiger partial charge in [0.15, 0.2) is 0 Å². The lowest BCUT2D eigenvalue weighted by Gasteiger charge is -2.30. The summed E-state index contributed by atoms with van der Waals surface area (Å²) < 4.78 is 0. The molecule has 3 aromatic rings. The molecule has 106 valence electrons. The minimum atomic E-state index is 0.0990. The van der Waals surface area contributed by atoms with Gasteiger partial charge in [0.05, 0.1) is 12.6 Å². The first kappa shape index (κ1) is 12.6. The zero-order valence-corrected chi connectivity index (χ0v) is 11.7. The van der Waals surface area contributed by atoms with E-state index in [0.29, 0.717) is 0 Å². The van der Waals surface area contributed by atoms with Gasteiger partial charge >= 0.3 is 0 Å². The zero-order chi connectivity index (χ0) is 14.2. The van der Waals surface area contributed by atoms with Gasteiger partial charge in [-0.2, -0.15) is 0 Å². The molecule has 1 aliphatic heterocycles. The fourth-order valence-electron chi connectivity index (χ4n) is 3.34. The van der Waals surface area contributed by atoms with Gasteiger partial charge in [0.2, 0.25) is 0 Å². The first-order valence-corrected chi connectivity index (χ1v) is 7.38. The molecular formula is C18H18N2O. The molecule has 0 aliphatic carbocycles. The van der Waals surface area contributed by atoms with Crippen molar-refractivity contribution in [2.45, 2.75) is 18.5 Å². The van der Waals surface area contributed by atoms with Crippen LogP contribution in [0.3, 0.4) is 0 Å². The third-order valence-corrected chi connectivity index (χ3v) is 4.34. The van der Waals surface area contributed by atoms with Crippen LogP contribution in [0.15, 0.2) is 54.6 Å². The molecule has 1 aliphatic rings. The number of rotatable bonds is 2. The highest BCUT2D eigenvalue weighted by atomic mass is 16.3. The number of aromatic nitrogens is 1. The van der Waals surface area contributed by atoms with Crippen LogP contribution >= 0.6 is 0 Å². The molecule has 2 aromatic carbocycles. The second-order valence-electron chi connectivity index (χ2n) is 5.66. The standard InChI is InChI=1S/C18H18N2O/c21-11-13-10-15-14-8-4-5-9-16(14)20-18(15)17(19-13)12-6-2-1-3-7-12/h1-9,13,17,19-21H,10-11H2/t13-,17-/m0/s1. The quantitative estimate of drug-likeness (QED) is 0.675. The summed E-state index contributed by atoms with van der Waals surface area (Å²) in [5.41, 5.74) is 4.96. The minimum absolute atomic E-state index is 0.0990. The van der Waals surface area contributed by atoms with Crippen LogP contribution in [-0.4, -0.2) is 22.7 Å². The molecule has 2 heterocycles. The maximum atomic E-state index is 9.62. The summed E-state index contributed by atoms with van der Waals surface area (Å²) in [5, 5.41) is 14.4. The summed E-state index contributed by atoms with van der Waals surface area (Å²) in [7, 11) is 0. The van der Waals surface area contributed by atoms with E-state index in [4.69, 9.17) is 0 Å². The Kier molecular flexibility index (Phi) is 3.02. The van der Waals surface area contributed by atoms with Gasteiger partial charge in [-0.1, -0.05) is 48.5 Å². The van der Waals surface area contributed by atoms with E-state index in [0.717, 1.165) is 6.42 Å². The fourth-order valence-corrected chi connectivity index (χ4v) is 3.34. The Morgan fingerprint density at radius 2 is 1.76 bits per heavy atom. The molecule has 0 spiro atoms. The summed E-state index contributed by atoms with van der Waals surface area (Å²) >= 11 is 0. The van der Waals surface area contributed by atoms with E-state index in [1.807, 2.05) is 6.07 Å². The molecule has 2 atom stereocenters. The molecule has 3 nitrogen and oxygen atoms in total. The van der Waals surface area contributed by atoms with Crippen molar-refractivity contribution >= 4 is 10.9 Å². The van der Waals surface area contributed by atoms with Gasteiger partial charge in [-0.05, 0) is 23.6 Å². The van der Waals surface area contributed by atoms with E-state index < -0.39 is 0 Å². The van der Waals surface area contributed by atoms with E-state index >= 15 is 0 Å². The van der Waals surface area contributed by atoms with Crippen LogP contribution in [-0.2, 0) is 6.42 Å². The number of aliphatic hydroxyl groups excluding tert-OH is 1. The third-order valence-electron chi connectivity index (χ3n) is 4.34. The maximum Gasteiger partial charge on any atom is 0.0735 e. The van der Waals surface area contributed by atoms with Gasteiger partial charge in [0, 0.05) is 22.6 Å². The fraction of sp³-hybridized carbons (Fsp3) is 0.222. The van der Waals surface area contributed by atoms with Crippen molar-refractivity contribution in [2.24, 2.45) is 0 Å². The Morgan fingerprint density at radius 1 is 1.00 bits per heavy atom. The number of nitrogens with one attached hydrogen (secondary N) is 2. The Morgan fingerprint density at radius 3 is 2.57 bits per heavy atom. The summed E-state index contributed by atoms with van der Waals surface area (Å²) in [4.78, 5) is 3.57. The first-order chi connectivity index (χ1) is 10.4. The number of hydrogen-bond donors (Lipinski definition) is 3. The van der Waals surface area contributed by atoms with Crippen molar-refractivity contribution in [3.8, 4) is 0 Å². The number of fused-ring (bicyclic) bond motifs is 3. The van der Waals surface area contributed by atoms with Crippen LogP contribution in [0.5, 0.6) is 0 Å². The zero-order valence-electron chi connectivity index (χ0n) is 11.7. The normalized spacial score (nSPS) is 21.4. The monoisotopic (exact) mass is 278 g/mol. The van der Waals surface area contributed by atoms with Crippen molar-refractivity contribution in [1.82, 2.24) is 10.3 Å². The highest BCUT2D eigenvalue weighted by Crippen LogP contribution is 2.34. The molecule has 3 N–H and O–H groups in total. The molecule has 0 saturated carbocycles. The molecule has 3 heteroatoms. The lowest BCUT2D eigenvalue weighted by atomic mass is 9.90. The second-order valence-corrected chi connectivity index (χ2v) is 5.66. The van der Waals surface area contributed by atoms with Gasteiger partial charge in [-0.3, -0.25) is 5.32 Å². The summed E-state index contributed by atoms with van der Waals surface area (Å²) in [6, 6.07) is 19.0. The van der Waals surface area contributed by atoms with Gasteiger partial charge < -0.3 is 10.1 Å². The first-order valence-electron chi connectivity index (χ1n) is 7.38. The molecule has 1 aromatic heterocycles. The van der Waals surface area contributed by atoms with Crippen LogP contribution in [0.1, 0.15) is 22.9 Å². The second kappa shape index (κ2) is 5.02. The largest absolute Gasteiger partial charge is 0.395 e. The number of aromatic amines is 1. The van der Waals surface area contributed by atoms with Crippen LogP contribution in [0, 0.1) is 0 Å². The van der Waals surface area contributed by atoms with E-state index in [2.05, 4.69) is 58.8 Å². The maximum absolute atomic E-state index is 9.62. The van der Waals surface area contributed by atoms with Crippen molar-refractivity contribution in [1.29, 1.82) is 0 Å². The predicted octanol–water partition coefficient (Wildman–Crippen LogP) is 2.76. The Labute approximate surface area is 123 Å². The third kappa shape index (κ3) is 2.06. The number of benzene rings is 2. The average Bonchev–Trinajstić information content (AvgIpc) is 2.93. The summed E-state index contributed by atoms with van der Waals surface area (Å²) in [5.74, 6) is 0. The van der Waals surface area contributed by atoms with E-state index in [9.17, 15) is 5.11 Å². The van der Waals surface area contributed by atoms with Gasteiger partial charge in [0.1, 0.15) is 0 Å². The molecule has 21 heavy (non-hydrogen) atoms. The Hall–Kier alpha value is -2.10. The topological polar surface area (TPSA) is 48.0 Å². The number of hydrogen-bond acceptors (Lipinski definition) is 2. The molecule has 0 unspecified atom stereocenters. The predicted molar refractivity (Wildman–Crippen MR) is 84.3 cm³/mol. The summed E-state index contributed by atoms with van der Waals surface area (Å²) in [6.07, 6.45) is 0.860. The van der Waals surface area contributed by atoms with E-state index in [1.54, 1.807) is 0 Å². The van der Waals surface area contributed by atoms with Gasteiger partial charge in [0.25, 0.3) is 0 Å². The van der Waals surface area contributed by atoms with Crippen LogP contribution in [0.25, 0.3) is 10.9 Å². The average molecular weight is 278 g/mol. The lowest BCUT2D eigenvalue weighted by Crippen LogP contribution is -2.42. The number of H-pyrrole nitrogens is 1. The molecule has 0 bridgehead atoms. The van der Waals surface area contributed by atoms with Crippen molar-refractivity contribution in [2.75, 3.05) is 6.61 Å². The van der Waals surface area contributed by atoms with Crippen molar-refractivity contribution in [3.63, 3.8) is 0 Å². The summed E-state index contributed by atoms with van der Waals surface area (Å²) in [6.45, 7) is 0.155. The van der Waals surface area contributed by atoms with Crippen LogP contribution in [0.4, 0.5) is 0 Å². The molecule has 4 rings (SSSR count).